The first kappa shape index (κ1) is 15.6. The maximum atomic E-state index is 13.7. The quantitative estimate of drug-likeness (QED) is 0.881. The highest BCUT2D eigenvalue weighted by Crippen LogP contribution is 2.22. The lowest BCUT2D eigenvalue weighted by atomic mass is 9.84. The van der Waals surface area contributed by atoms with Gasteiger partial charge in [-0.25, -0.2) is 4.39 Å². The highest BCUT2D eigenvalue weighted by molar-refractivity contribution is 5.94. The second-order valence-corrected chi connectivity index (χ2v) is 5.89. The second kappa shape index (κ2) is 6.15. The normalized spacial score (nSPS) is 13.2. The monoisotopic (exact) mass is 267 g/mol. The second-order valence-electron chi connectivity index (χ2n) is 5.89. The minimum Gasteiger partial charge on any atom is -0.396 e. The maximum absolute atomic E-state index is 13.7. The summed E-state index contributed by atoms with van der Waals surface area (Å²) in [5.74, 6) is -0.958. The number of aliphatic hydroxyl groups is 1. The molecule has 0 fully saturated rings. The van der Waals surface area contributed by atoms with E-state index in [-0.39, 0.29) is 23.6 Å². The van der Waals surface area contributed by atoms with Gasteiger partial charge in [-0.2, -0.15) is 0 Å². The molecule has 1 amide bonds. The summed E-state index contributed by atoms with van der Waals surface area (Å²) in [6, 6.07) is 4.33. The molecule has 0 bridgehead atoms. The average molecular weight is 267 g/mol. The predicted octanol–water partition coefficient (Wildman–Crippen LogP) is 2.66. The van der Waals surface area contributed by atoms with Crippen molar-refractivity contribution in [1.29, 1.82) is 0 Å². The van der Waals surface area contributed by atoms with Gasteiger partial charge in [0.15, 0.2) is 0 Å². The third-order valence-corrected chi connectivity index (χ3v) is 3.14. The van der Waals surface area contributed by atoms with E-state index in [0.29, 0.717) is 6.42 Å². The summed E-state index contributed by atoms with van der Waals surface area (Å²) in [4.78, 5) is 12.1. The van der Waals surface area contributed by atoms with Crippen LogP contribution in [0.1, 0.15) is 43.1 Å². The molecule has 0 saturated carbocycles. The molecule has 0 aliphatic rings. The summed E-state index contributed by atoms with van der Waals surface area (Å²) in [5.41, 5.74) is 0.620. The fraction of sp³-hybridized carbons (Fsp3) is 0.533. The summed E-state index contributed by atoms with van der Waals surface area (Å²) in [6.45, 7) is 7.67. The minimum atomic E-state index is -0.519. The number of hydrogen-bond acceptors (Lipinski definition) is 2. The van der Waals surface area contributed by atoms with E-state index in [1.807, 2.05) is 20.8 Å². The molecule has 1 unspecified atom stereocenters. The van der Waals surface area contributed by atoms with Crippen molar-refractivity contribution in [3.63, 3.8) is 0 Å². The van der Waals surface area contributed by atoms with E-state index in [4.69, 9.17) is 5.11 Å². The van der Waals surface area contributed by atoms with Gasteiger partial charge >= 0.3 is 0 Å². The van der Waals surface area contributed by atoms with Gasteiger partial charge in [0.25, 0.3) is 5.91 Å². The van der Waals surface area contributed by atoms with E-state index in [2.05, 4.69) is 5.32 Å². The summed E-state index contributed by atoms with van der Waals surface area (Å²) in [7, 11) is 0. The molecule has 19 heavy (non-hydrogen) atoms. The Balaban J connectivity index is 2.88. The van der Waals surface area contributed by atoms with Crippen molar-refractivity contribution in [2.45, 2.75) is 40.2 Å². The number of benzene rings is 1. The fourth-order valence-corrected chi connectivity index (χ4v) is 1.89. The van der Waals surface area contributed by atoms with Gasteiger partial charge in [-0.05, 0) is 36.5 Å². The molecule has 0 aromatic heterocycles. The van der Waals surface area contributed by atoms with Gasteiger partial charge in [0.2, 0.25) is 0 Å². The molecule has 1 atom stereocenters. The number of amides is 1. The van der Waals surface area contributed by atoms with Gasteiger partial charge in [-0.1, -0.05) is 26.8 Å². The lowest BCUT2D eigenvalue weighted by molar-refractivity contribution is 0.0881. The SMILES string of the molecule is Cc1ccc(C(=O)NC(CCO)C(C)(C)C)c(F)c1. The average Bonchev–Trinajstić information content (AvgIpc) is 2.26. The van der Waals surface area contributed by atoms with E-state index >= 15 is 0 Å². The van der Waals surface area contributed by atoms with Crippen molar-refractivity contribution in [2.24, 2.45) is 5.41 Å². The maximum Gasteiger partial charge on any atom is 0.254 e. The molecule has 4 heteroatoms. The molecule has 0 aliphatic heterocycles. The Labute approximate surface area is 113 Å². The number of nitrogens with one attached hydrogen (secondary N) is 1. The molecule has 1 aromatic carbocycles. The zero-order valence-corrected chi connectivity index (χ0v) is 12.0. The largest absolute Gasteiger partial charge is 0.396 e. The van der Waals surface area contributed by atoms with Crippen LogP contribution < -0.4 is 5.32 Å². The number of aryl methyl sites for hydroxylation is 1. The van der Waals surface area contributed by atoms with Crippen LogP contribution in [0.5, 0.6) is 0 Å². The van der Waals surface area contributed by atoms with Crippen molar-refractivity contribution < 1.29 is 14.3 Å². The predicted molar refractivity (Wildman–Crippen MR) is 73.5 cm³/mol. The third kappa shape index (κ3) is 4.31. The Morgan fingerprint density at radius 2 is 2.05 bits per heavy atom. The minimum absolute atomic E-state index is 0.0153. The fourth-order valence-electron chi connectivity index (χ4n) is 1.89. The van der Waals surface area contributed by atoms with E-state index in [0.717, 1.165) is 5.56 Å². The number of carbonyl (C=O) groups excluding carboxylic acids is 1. The number of hydrogen-bond donors (Lipinski definition) is 2. The van der Waals surface area contributed by atoms with Crippen LogP contribution in [0.15, 0.2) is 18.2 Å². The summed E-state index contributed by atoms with van der Waals surface area (Å²) < 4.78 is 13.7. The topological polar surface area (TPSA) is 49.3 Å². The van der Waals surface area contributed by atoms with Crippen LogP contribution in [0.3, 0.4) is 0 Å². The van der Waals surface area contributed by atoms with E-state index < -0.39 is 11.7 Å². The van der Waals surface area contributed by atoms with Crippen molar-refractivity contribution in [1.82, 2.24) is 5.32 Å². The van der Waals surface area contributed by atoms with Crippen LogP contribution in [0.25, 0.3) is 0 Å². The Kier molecular flexibility index (Phi) is 5.06. The van der Waals surface area contributed by atoms with Crippen LogP contribution in [0, 0.1) is 18.2 Å². The Hall–Kier alpha value is -1.42. The first-order valence-corrected chi connectivity index (χ1v) is 6.43. The molecule has 1 rings (SSSR count). The molecule has 1 aromatic rings. The van der Waals surface area contributed by atoms with Gasteiger partial charge in [-0.15, -0.1) is 0 Å². The summed E-state index contributed by atoms with van der Waals surface area (Å²) in [6.07, 6.45) is 0.447. The van der Waals surface area contributed by atoms with Crippen molar-refractivity contribution >= 4 is 5.91 Å². The lowest BCUT2D eigenvalue weighted by Crippen LogP contribution is -2.44. The highest BCUT2D eigenvalue weighted by Gasteiger charge is 2.26. The van der Waals surface area contributed by atoms with Gasteiger partial charge in [0.1, 0.15) is 5.82 Å². The van der Waals surface area contributed by atoms with E-state index in [1.54, 1.807) is 13.0 Å². The first-order chi connectivity index (χ1) is 8.75. The van der Waals surface area contributed by atoms with E-state index in [9.17, 15) is 9.18 Å². The zero-order valence-electron chi connectivity index (χ0n) is 12.0. The molecule has 0 heterocycles. The Morgan fingerprint density at radius 3 is 2.53 bits per heavy atom. The number of aliphatic hydroxyl groups excluding tert-OH is 1. The Morgan fingerprint density at radius 1 is 1.42 bits per heavy atom. The van der Waals surface area contributed by atoms with Crippen LogP contribution >= 0.6 is 0 Å². The van der Waals surface area contributed by atoms with Gasteiger partial charge in [0.05, 0.1) is 5.56 Å². The zero-order chi connectivity index (χ0) is 14.6. The standard InChI is InChI=1S/C15H22FNO2/c1-10-5-6-11(12(16)9-10)14(19)17-13(7-8-18)15(2,3)4/h5-6,9,13,18H,7-8H2,1-4H3,(H,17,19). The molecular formula is C15H22FNO2. The van der Waals surface area contributed by atoms with Crippen molar-refractivity contribution in [3.8, 4) is 0 Å². The number of carbonyl (C=O) groups is 1. The van der Waals surface area contributed by atoms with Gasteiger partial charge < -0.3 is 10.4 Å². The molecule has 0 aliphatic carbocycles. The summed E-state index contributed by atoms with van der Waals surface area (Å²) in [5, 5.41) is 11.8. The molecule has 3 nitrogen and oxygen atoms in total. The number of halogens is 1. The molecule has 106 valence electrons. The van der Waals surface area contributed by atoms with Crippen molar-refractivity contribution in [2.75, 3.05) is 6.61 Å². The molecule has 0 saturated heterocycles. The molecule has 2 N–H and O–H groups in total. The summed E-state index contributed by atoms with van der Waals surface area (Å²) >= 11 is 0. The highest BCUT2D eigenvalue weighted by atomic mass is 19.1. The van der Waals surface area contributed by atoms with Crippen LogP contribution in [-0.4, -0.2) is 23.7 Å². The molecule has 0 spiro atoms. The first-order valence-electron chi connectivity index (χ1n) is 6.43. The van der Waals surface area contributed by atoms with Crippen LogP contribution in [0.4, 0.5) is 4.39 Å². The molecular weight excluding hydrogens is 245 g/mol. The smallest absolute Gasteiger partial charge is 0.254 e. The lowest BCUT2D eigenvalue weighted by Gasteiger charge is -2.31. The van der Waals surface area contributed by atoms with Crippen LogP contribution in [-0.2, 0) is 0 Å². The van der Waals surface area contributed by atoms with E-state index in [1.165, 1.54) is 12.1 Å². The number of rotatable bonds is 4. The third-order valence-electron chi connectivity index (χ3n) is 3.14. The molecule has 0 radical (unpaired) electrons. The van der Waals surface area contributed by atoms with Crippen LogP contribution in [0.2, 0.25) is 0 Å². The van der Waals surface area contributed by atoms with Gasteiger partial charge in [-0.3, -0.25) is 4.79 Å². The van der Waals surface area contributed by atoms with Gasteiger partial charge in [0, 0.05) is 12.6 Å². The Bertz CT molecular complexity index is 452. The van der Waals surface area contributed by atoms with Crippen molar-refractivity contribution in [3.05, 3.63) is 35.1 Å².